The predicted molar refractivity (Wildman–Crippen MR) is 116 cm³/mol. The highest BCUT2D eigenvalue weighted by atomic mass is 32.2. The maximum Gasteiger partial charge on any atom is 0.291 e. The SMILES string of the molecule is CC1CN(S(=O)(=O)c2ccc(NC(=O)c3cc(=O)c4ccccc4o3)cc2)CC(C)O1. The third kappa shape index (κ3) is 4.39. The van der Waals surface area contributed by atoms with Crippen LogP contribution in [-0.4, -0.2) is 43.9 Å². The summed E-state index contributed by atoms with van der Waals surface area (Å²) in [5, 5.41) is 3.01. The lowest BCUT2D eigenvalue weighted by molar-refractivity contribution is -0.0440. The summed E-state index contributed by atoms with van der Waals surface area (Å²) in [6, 6.07) is 13.7. The molecule has 0 aliphatic carbocycles. The Balaban J connectivity index is 1.52. The number of amides is 1. The zero-order chi connectivity index (χ0) is 22.2. The molecule has 8 nitrogen and oxygen atoms in total. The minimum atomic E-state index is -3.67. The summed E-state index contributed by atoms with van der Waals surface area (Å²) < 4.78 is 38.4. The maximum atomic E-state index is 12.9. The number of carbonyl (C=O) groups is 1. The van der Waals surface area contributed by atoms with Gasteiger partial charge in [0.2, 0.25) is 10.0 Å². The molecule has 2 unspecified atom stereocenters. The van der Waals surface area contributed by atoms with E-state index in [2.05, 4.69) is 5.32 Å². The quantitative estimate of drug-likeness (QED) is 0.666. The second-order valence-corrected chi connectivity index (χ2v) is 9.47. The first-order valence-electron chi connectivity index (χ1n) is 9.84. The van der Waals surface area contributed by atoms with E-state index in [9.17, 15) is 18.0 Å². The molecule has 1 amide bonds. The van der Waals surface area contributed by atoms with Crippen molar-refractivity contribution < 1.29 is 22.4 Å². The summed E-state index contributed by atoms with van der Waals surface area (Å²) in [5.41, 5.74) is 0.376. The summed E-state index contributed by atoms with van der Waals surface area (Å²) in [6.45, 7) is 4.24. The van der Waals surface area contributed by atoms with E-state index in [4.69, 9.17) is 9.15 Å². The Labute approximate surface area is 179 Å². The van der Waals surface area contributed by atoms with Gasteiger partial charge in [-0.2, -0.15) is 4.31 Å². The molecule has 31 heavy (non-hydrogen) atoms. The largest absolute Gasteiger partial charge is 0.451 e. The fourth-order valence-corrected chi connectivity index (χ4v) is 5.19. The van der Waals surface area contributed by atoms with E-state index in [1.54, 1.807) is 24.3 Å². The lowest BCUT2D eigenvalue weighted by atomic mass is 10.2. The van der Waals surface area contributed by atoms with Crippen molar-refractivity contribution in [3.8, 4) is 0 Å². The molecule has 1 fully saturated rings. The highest BCUT2D eigenvalue weighted by Gasteiger charge is 2.32. The number of morpholine rings is 1. The van der Waals surface area contributed by atoms with Gasteiger partial charge in [0.1, 0.15) is 5.58 Å². The van der Waals surface area contributed by atoms with Gasteiger partial charge in [0.05, 0.1) is 22.5 Å². The first kappa shape index (κ1) is 21.2. The van der Waals surface area contributed by atoms with Gasteiger partial charge in [-0.25, -0.2) is 8.42 Å². The Hall–Kier alpha value is -3.01. The molecule has 0 saturated carbocycles. The van der Waals surface area contributed by atoms with E-state index in [1.807, 2.05) is 13.8 Å². The lowest BCUT2D eigenvalue weighted by Crippen LogP contribution is -2.48. The van der Waals surface area contributed by atoms with Crippen LogP contribution >= 0.6 is 0 Å². The van der Waals surface area contributed by atoms with Crippen molar-refractivity contribution in [2.24, 2.45) is 0 Å². The molecule has 0 radical (unpaired) electrons. The van der Waals surface area contributed by atoms with E-state index >= 15 is 0 Å². The van der Waals surface area contributed by atoms with Gasteiger partial charge in [0.25, 0.3) is 5.91 Å². The van der Waals surface area contributed by atoms with Crippen LogP contribution in [0, 0.1) is 0 Å². The average Bonchev–Trinajstić information content (AvgIpc) is 2.73. The predicted octanol–water partition coefficient (Wildman–Crippen LogP) is 2.84. The summed E-state index contributed by atoms with van der Waals surface area (Å²) in [6.07, 6.45) is -0.373. The number of nitrogens with zero attached hydrogens (tertiary/aromatic N) is 1. The average molecular weight is 442 g/mol. The van der Waals surface area contributed by atoms with Crippen LogP contribution in [0.1, 0.15) is 24.4 Å². The second kappa shape index (κ2) is 8.26. The topological polar surface area (TPSA) is 106 Å². The van der Waals surface area contributed by atoms with Crippen molar-refractivity contribution in [1.82, 2.24) is 4.31 Å². The number of hydrogen-bond acceptors (Lipinski definition) is 6. The van der Waals surface area contributed by atoms with Crippen LogP contribution in [0.2, 0.25) is 0 Å². The second-order valence-electron chi connectivity index (χ2n) is 7.53. The Morgan fingerprint density at radius 1 is 1.03 bits per heavy atom. The van der Waals surface area contributed by atoms with Gasteiger partial charge in [-0.05, 0) is 50.2 Å². The molecule has 3 aromatic rings. The Morgan fingerprint density at radius 3 is 2.35 bits per heavy atom. The Bertz CT molecular complexity index is 1270. The molecule has 1 aliphatic heterocycles. The number of carbonyl (C=O) groups excluding carboxylic acids is 1. The normalized spacial score (nSPS) is 19.9. The van der Waals surface area contributed by atoms with Crippen LogP contribution in [0.3, 0.4) is 0 Å². The van der Waals surface area contributed by atoms with E-state index in [1.165, 1.54) is 28.6 Å². The van der Waals surface area contributed by atoms with Gasteiger partial charge in [0, 0.05) is 24.8 Å². The van der Waals surface area contributed by atoms with Gasteiger partial charge in [-0.3, -0.25) is 9.59 Å². The Morgan fingerprint density at radius 2 is 1.68 bits per heavy atom. The van der Waals surface area contributed by atoms with Gasteiger partial charge in [-0.15, -0.1) is 0 Å². The minimum absolute atomic E-state index is 0.128. The van der Waals surface area contributed by atoms with E-state index in [-0.39, 0.29) is 41.4 Å². The van der Waals surface area contributed by atoms with Gasteiger partial charge in [-0.1, -0.05) is 12.1 Å². The van der Waals surface area contributed by atoms with Crippen molar-refractivity contribution in [1.29, 1.82) is 0 Å². The fraction of sp³-hybridized carbons (Fsp3) is 0.273. The monoisotopic (exact) mass is 442 g/mol. The molecule has 4 rings (SSSR count). The van der Waals surface area contributed by atoms with Crippen LogP contribution in [0.15, 0.2) is 68.7 Å². The molecular weight excluding hydrogens is 420 g/mol. The summed E-state index contributed by atoms with van der Waals surface area (Å²) >= 11 is 0. The molecule has 2 aromatic carbocycles. The molecule has 162 valence electrons. The molecule has 1 aromatic heterocycles. The van der Waals surface area contributed by atoms with E-state index < -0.39 is 15.9 Å². The zero-order valence-corrected chi connectivity index (χ0v) is 17.9. The lowest BCUT2D eigenvalue weighted by Gasteiger charge is -2.34. The minimum Gasteiger partial charge on any atom is -0.451 e. The molecule has 0 spiro atoms. The molecule has 1 N–H and O–H groups in total. The van der Waals surface area contributed by atoms with Gasteiger partial charge >= 0.3 is 0 Å². The number of para-hydroxylation sites is 1. The molecule has 2 heterocycles. The number of benzene rings is 2. The molecule has 1 aliphatic rings. The number of hydrogen-bond donors (Lipinski definition) is 1. The number of ether oxygens (including phenoxy) is 1. The molecular formula is C22H22N2O6S. The maximum absolute atomic E-state index is 12.9. The van der Waals surface area contributed by atoms with Crippen LogP contribution in [-0.2, 0) is 14.8 Å². The van der Waals surface area contributed by atoms with Gasteiger partial charge < -0.3 is 14.5 Å². The number of rotatable bonds is 4. The van der Waals surface area contributed by atoms with Crippen molar-refractivity contribution in [2.45, 2.75) is 31.0 Å². The van der Waals surface area contributed by atoms with Crippen LogP contribution in [0.25, 0.3) is 11.0 Å². The van der Waals surface area contributed by atoms with Crippen LogP contribution in [0.4, 0.5) is 5.69 Å². The van der Waals surface area contributed by atoms with Gasteiger partial charge in [0.15, 0.2) is 11.2 Å². The number of nitrogens with one attached hydrogen (secondary N) is 1. The first-order chi connectivity index (χ1) is 14.7. The summed E-state index contributed by atoms with van der Waals surface area (Å²) in [5.74, 6) is -0.731. The van der Waals surface area contributed by atoms with Crippen LogP contribution < -0.4 is 10.7 Å². The van der Waals surface area contributed by atoms with Crippen molar-refractivity contribution in [3.63, 3.8) is 0 Å². The van der Waals surface area contributed by atoms with Crippen molar-refractivity contribution in [3.05, 3.63) is 70.6 Å². The van der Waals surface area contributed by atoms with E-state index in [0.717, 1.165) is 6.07 Å². The number of sulfonamides is 1. The third-order valence-electron chi connectivity index (χ3n) is 4.99. The summed E-state index contributed by atoms with van der Waals surface area (Å²) in [4.78, 5) is 24.8. The molecule has 0 bridgehead atoms. The smallest absolute Gasteiger partial charge is 0.291 e. The number of fused-ring (bicyclic) bond motifs is 1. The highest BCUT2D eigenvalue weighted by molar-refractivity contribution is 7.89. The Kier molecular flexibility index (Phi) is 5.65. The molecule has 1 saturated heterocycles. The number of anilines is 1. The molecule has 2 atom stereocenters. The third-order valence-corrected chi connectivity index (χ3v) is 6.84. The zero-order valence-electron chi connectivity index (χ0n) is 17.1. The highest BCUT2D eigenvalue weighted by Crippen LogP contribution is 2.23. The van der Waals surface area contributed by atoms with Crippen molar-refractivity contribution in [2.75, 3.05) is 18.4 Å². The first-order valence-corrected chi connectivity index (χ1v) is 11.3. The molecule has 9 heteroatoms. The standard InChI is InChI=1S/C22H22N2O6S/c1-14-12-24(13-15(2)29-14)31(27,28)17-9-7-16(8-10-17)23-22(26)21-11-19(25)18-5-3-4-6-20(18)30-21/h3-11,14-15H,12-13H2,1-2H3,(H,23,26). The summed E-state index contributed by atoms with van der Waals surface area (Å²) in [7, 11) is -3.67. The van der Waals surface area contributed by atoms with Crippen molar-refractivity contribution >= 4 is 32.6 Å². The van der Waals surface area contributed by atoms with E-state index in [0.29, 0.717) is 16.7 Å². The fourth-order valence-electron chi connectivity index (χ4n) is 3.59. The van der Waals surface area contributed by atoms with Crippen LogP contribution in [0.5, 0.6) is 0 Å².